The Morgan fingerprint density at radius 2 is 2.07 bits per heavy atom. The molecule has 1 aliphatic rings. The minimum absolute atomic E-state index is 0.0361. The second-order valence-corrected chi connectivity index (χ2v) is 10.1. The molecule has 160 valence electrons. The molecule has 8 nitrogen and oxygen atoms in total. The number of rotatable bonds is 7. The summed E-state index contributed by atoms with van der Waals surface area (Å²) in [4.78, 5) is 18.1. The zero-order chi connectivity index (χ0) is 21.1. The fourth-order valence-electron chi connectivity index (χ4n) is 3.46. The molecule has 3 heterocycles. The zero-order valence-electron chi connectivity index (χ0n) is 16.7. The minimum Gasteiger partial charge on any atom is -0.379 e. The van der Waals surface area contributed by atoms with Crippen LogP contribution in [0.3, 0.4) is 0 Å². The Hall–Kier alpha value is -2.27. The van der Waals surface area contributed by atoms with E-state index in [4.69, 9.17) is 4.74 Å². The number of carbonyl (C=O) groups is 1. The van der Waals surface area contributed by atoms with Crippen LogP contribution in [-0.2, 0) is 39.6 Å². The molecule has 1 saturated heterocycles. The number of hydrogen-bond donors (Lipinski definition) is 1. The van der Waals surface area contributed by atoms with Gasteiger partial charge >= 0.3 is 0 Å². The summed E-state index contributed by atoms with van der Waals surface area (Å²) < 4.78 is 34.4. The summed E-state index contributed by atoms with van der Waals surface area (Å²) in [6, 6.07) is 8.95. The summed E-state index contributed by atoms with van der Waals surface area (Å²) in [7, 11) is -1.69. The predicted octanol–water partition coefficient (Wildman–Crippen LogP) is 1.90. The van der Waals surface area contributed by atoms with Gasteiger partial charge in [-0.15, -0.1) is 11.3 Å². The summed E-state index contributed by atoms with van der Waals surface area (Å²) in [5, 5.41) is 4.89. The average molecular weight is 449 g/mol. The molecule has 30 heavy (non-hydrogen) atoms. The fourth-order valence-corrected chi connectivity index (χ4v) is 5.54. The topological polar surface area (TPSA) is 93.5 Å². The summed E-state index contributed by atoms with van der Waals surface area (Å²) in [6.45, 7) is 2.05. The number of nitrogens with one attached hydrogen (secondary N) is 1. The molecule has 4 rings (SSSR count). The van der Waals surface area contributed by atoms with Crippen LogP contribution in [-0.4, -0.2) is 54.5 Å². The highest BCUT2D eigenvalue weighted by Crippen LogP contribution is 2.23. The molecule has 0 unspecified atom stereocenters. The standard InChI is InChI=1S/C20H24N4O4S2/c1-23-18-5-4-16(30(26,27)24-8-10-28-11-9-24)13-17(18)22-19(23)6-7-20(25)21-14-15-3-2-12-29-15/h2-5,12-13H,6-11,14H2,1H3,(H,21,25). The molecule has 1 aromatic carbocycles. The summed E-state index contributed by atoms with van der Waals surface area (Å²) >= 11 is 1.61. The van der Waals surface area contributed by atoms with E-state index < -0.39 is 10.0 Å². The SMILES string of the molecule is Cn1c(CCC(=O)NCc2cccs2)nc2cc(S(=O)(=O)N3CCOCC3)ccc21. The number of amides is 1. The van der Waals surface area contributed by atoms with E-state index in [0.717, 1.165) is 16.2 Å². The first kappa shape index (κ1) is 21.0. The lowest BCUT2D eigenvalue weighted by Gasteiger charge is -2.26. The van der Waals surface area contributed by atoms with Crippen molar-refractivity contribution in [2.75, 3.05) is 26.3 Å². The lowest BCUT2D eigenvalue weighted by molar-refractivity contribution is -0.121. The van der Waals surface area contributed by atoms with Gasteiger partial charge in [-0.1, -0.05) is 6.07 Å². The molecule has 10 heteroatoms. The highest BCUT2D eigenvalue weighted by molar-refractivity contribution is 7.89. The van der Waals surface area contributed by atoms with Crippen molar-refractivity contribution in [3.8, 4) is 0 Å². The van der Waals surface area contributed by atoms with Crippen molar-refractivity contribution in [3.05, 3.63) is 46.4 Å². The number of thiophene rings is 1. The number of sulfonamides is 1. The molecule has 0 atom stereocenters. The molecular formula is C20H24N4O4S2. The molecule has 1 amide bonds. The van der Waals surface area contributed by atoms with Gasteiger partial charge in [-0.2, -0.15) is 4.31 Å². The number of nitrogens with zero attached hydrogens (tertiary/aromatic N) is 3. The number of aryl methyl sites for hydroxylation is 2. The molecule has 1 N–H and O–H groups in total. The number of aromatic nitrogens is 2. The van der Waals surface area contributed by atoms with Crippen LogP contribution in [0.2, 0.25) is 0 Å². The highest BCUT2D eigenvalue weighted by Gasteiger charge is 2.27. The van der Waals surface area contributed by atoms with E-state index in [9.17, 15) is 13.2 Å². The van der Waals surface area contributed by atoms with Crippen molar-refractivity contribution < 1.29 is 17.9 Å². The van der Waals surface area contributed by atoms with E-state index in [-0.39, 0.29) is 10.8 Å². The Labute approximate surface area is 179 Å². The molecule has 0 aliphatic carbocycles. The van der Waals surface area contributed by atoms with Gasteiger partial charge in [-0.25, -0.2) is 13.4 Å². The van der Waals surface area contributed by atoms with Crippen molar-refractivity contribution in [2.45, 2.75) is 24.3 Å². The van der Waals surface area contributed by atoms with Gasteiger partial charge < -0.3 is 14.6 Å². The molecular weight excluding hydrogens is 424 g/mol. The smallest absolute Gasteiger partial charge is 0.243 e. The van der Waals surface area contributed by atoms with E-state index in [1.807, 2.05) is 29.1 Å². The van der Waals surface area contributed by atoms with Crippen molar-refractivity contribution >= 4 is 38.3 Å². The summed E-state index contributed by atoms with van der Waals surface area (Å²) in [5.41, 5.74) is 1.45. The first-order valence-corrected chi connectivity index (χ1v) is 12.1. The molecule has 1 aliphatic heterocycles. The van der Waals surface area contributed by atoms with Crippen molar-refractivity contribution in [3.63, 3.8) is 0 Å². The Morgan fingerprint density at radius 3 is 2.80 bits per heavy atom. The average Bonchev–Trinajstić information content (AvgIpc) is 3.39. The Morgan fingerprint density at radius 1 is 1.27 bits per heavy atom. The second kappa shape index (κ2) is 8.84. The van der Waals surface area contributed by atoms with Crippen LogP contribution in [0.1, 0.15) is 17.1 Å². The molecule has 1 fully saturated rings. The van der Waals surface area contributed by atoms with Gasteiger partial charge in [-0.05, 0) is 29.6 Å². The third kappa shape index (κ3) is 4.41. The highest BCUT2D eigenvalue weighted by atomic mass is 32.2. The molecule has 0 saturated carbocycles. The van der Waals surface area contributed by atoms with Gasteiger partial charge in [0, 0.05) is 37.9 Å². The van der Waals surface area contributed by atoms with Crippen LogP contribution < -0.4 is 5.32 Å². The second-order valence-electron chi connectivity index (χ2n) is 7.11. The normalized spacial score (nSPS) is 15.5. The van der Waals surface area contributed by atoms with Crippen LogP contribution in [0.25, 0.3) is 11.0 Å². The third-order valence-electron chi connectivity index (χ3n) is 5.17. The van der Waals surface area contributed by atoms with Crippen molar-refractivity contribution in [1.29, 1.82) is 0 Å². The number of benzene rings is 1. The number of fused-ring (bicyclic) bond motifs is 1. The van der Waals surface area contributed by atoms with Crippen LogP contribution in [0.5, 0.6) is 0 Å². The van der Waals surface area contributed by atoms with E-state index in [1.165, 1.54) is 4.31 Å². The maximum atomic E-state index is 12.9. The quantitative estimate of drug-likeness (QED) is 0.596. The van der Waals surface area contributed by atoms with Gasteiger partial charge in [-0.3, -0.25) is 4.79 Å². The van der Waals surface area contributed by atoms with Gasteiger partial charge in [0.1, 0.15) is 5.82 Å². The van der Waals surface area contributed by atoms with Crippen LogP contribution >= 0.6 is 11.3 Å². The Bertz CT molecular complexity index is 1130. The van der Waals surface area contributed by atoms with Gasteiger partial charge in [0.25, 0.3) is 0 Å². The molecule has 2 aromatic heterocycles. The number of ether oxygens (including phenoxy) is 1. The largest absolute Gasteiger partial charge is 0.379 e. The molecule has 0 spiro atoms. The van der Waals surface area contributed by atoms with Crippen LogP contribution in [0.4, 0.5) is 0 Å². The van der Waals surface area contributed by atoms with Gasteiger partial charge in [0.05, 0.1) is 35.7 Å². The van der Waals surface area contributed by atoms with Crippen LogP contribution in [0, 0.1) is 0 Å². The van der Waals surface area contributed by atoms with Gasteiger partial charge in [0.15, 0.2) is 0 Å². The number of imidazole rings is 1. The molecule has 3 aromatic rings. The Balaban J connectivity index is 1.46. The lowest BCUT2D eigenvalue weighted by Crippen LogP contribution is -2.40. The van der Waals surface area contributed by atoms with Gasteiger partial charge in [0.2, 0.25) is 15.9 Å². The van der Waals surface area contributed by atoms with E-state index in [2.05, 4.69) is 10.3 Å². The number of hydrogen-bond acceptors (Lipinski definition) is 6. The predicted molar refractivity (Wildman–Crippen MR) is 115 cm³/mol. The first-order valence-electron chi connectivity index (χ1n) is 9.77. The van der Waals surface area contributed by atoms with Crippen molar-refractivity contribution in [2.24, 2.45) is 7.05 Å². The third-order valence-corrected chi connectivity index (χ3v) is 7.94. The minimum atomic E-state index is -3.57. The van der Waals surface area contributed by atoms with Crippen molar-refractivity contribution in [1.82, 2.24) is 19.2 Å². The lowest BCUT2D eigenvalue weighted by atomic mass is 10.3. The molecule has 0 radical (unpaired) electrons. The van der Waals surface area contributed by atoms with Crippen LogP contribution in [0.15, 0.2) is 40.6 Å². The maximum Gasteiger partial charge on any atom is 0.243 e. The molecule has 0 bridgehead atoms. The fraction of sp³-hybridized carbons (Fsp3) is 0.400. The van der Waals surface area contributed by atoms with E-state index >= 15 is 0 Å². The number of morpholine rings is 1. The first-order chi connectivity index (χ1) is 14.4. The monoisotopic (exact) mass is 448 g/mol. The van der Waals surface area contributed by atoms with E-state index in [0.29, 0.717) is 51.2 Å². The number of carbonyl (C=O) groups excluding carboxylic acids is 1. The summed E-state index contributed by atoms with van der Waals surface area (Å²) in [5.74, 6) is 0.711. The maximum absolute atomic E-state index is 12.9. The Kier molecular flexibility index (Phi) is 6.19. The summed E-state index contributed by atoms with van der Waals surface area (Å²) in [6.07, 6.45) is 0.800. The van der Waals surface area contributed by atoms with E-state index in [1.54, 1.807) is 29.5 Å². The zero-order valence-corrected chi connectivity index (χ0v) is 18.3.